The van der Waals surface area contributed by atoms with Gasteiger partial charge in [0, 0.05) is 57.3 Å². The summed E-state index contributed by atoms with van der Waals surface area (Å²) in [6.45, 7) is 8.48. The zero-order chi connectivity index (χ0) is 22.1. The van der Waals surface area contributed by atoms with Gasteiger partial charge in [0.25, 0.3) is 0 Å². The standard InChI is InChI=1S/C22H29FN6O2/c1-5-21(30)29-8-6-28(7-9-29)20-12-18(24-13-25-20)22-15-10-19(31-14(2)3)16(23)11-17(15)26-27(22)4/h10-14,22,26H,5-9H2,1-4H3. The minimum atomic E-state index is -0.392. The van der Waals surface area contributed by atoms with Gasteiger partial charge in [-0.05, 0) is 19.9 Å². The molecule has 0 aliphatic carbocycles. The Labute approximate surface area is 182 Å². The number of fused-ring (bicyclic) bond motifs is 1. The van der Waals surface area contributed by atoms with Gasteiger partial charge in [0.15, 0.2) is 11.6 Å². The summed E-state index contributed by atoms with van der Waals surface area (Å²) in [7, 11) is 1.91. The van der Waals surface area contributed by atoms with Gasteiger partial charge in [-0.15, -0.1) is 0 Å². The van der Waals surface area contributed by atoms with E-state index in [2.05, 4.69) is 20.3 Å². The Bertz CT molecular complexity index is 961. The third-order valence-electron chi connectivity index (χ3n) is 5.66. The molecule has 0 radical (unpaired) electrons. The molecule has 1 N–H and O–H groups in total. The average Bonchev–Trinajstić information content (AvgIpc) is 3.07. The van der Waals surface area contributed by atoms with Gasteiger partial charge in [-0.25, -0.2) is 19.4 Å². The first-order chi connectivity index (χ1) is 14.9. The molecule has 8 nitrogen and oxygen atoms in total. The van der Waals surface area contributed by atoms with Crippen molar-refractivity contribution in [3.05, 3.63) is 41.6 Å². The van der Waals surface area contributed by atoms with E-state index in [0.717, 1.165) is 30.2 Å². The molecule has 1 amide bonds. The van der Waals surface area contributed by atoms with Crippen molar-refractivity contribution < 1.29 is 13.9 Å². The molecule has 0 spiro atoms. The first-order valence-corrected chi connectivity index (χ1v) is 10.7. The molecule has 1 aromatic heterocycles. The van der Waals surface area contributed by atoms with Crippen molar-refractivity contribution >= 4 is 17.4 Å². The quantitative estimate of drug-likeness (QED) is 0.785. The molecule has 2 aliphatic heterocycles. The fourth-order valence-corrected chi connectivity index (χ4v) is 4.15. The van der Waals surface area contributed by atoms with Gasteiger partial charge in [0.2, 0.25) is 5.91 Å². The van der Waals surface area contributed by atoms with Crippen molar-refractivity contribution in [2.24, 2.45) is 0 Å². The lowest BCUT2D eigenvalue weighted by molar-refractivity contribution is -0.131. The van der Waals surface area contributed by atoms with Crippen LogP contribution in [0.15, 0.2) is 24.5 Å². The highest BCUT2D eigenvalue weighted by Gasteiger charge is 2.32. The first kappa shape index (κ1) is 21.3. The molecule has 9 heteroatoms. The molecule has 1 aromatic carbocycles. The number of carbonyl (C=O) groups excluding carboxylic acids is 1. The number of piperazine rings is 1. The van der Waals surface area contributed by atoms with Crippen LogP contribution in [0.3, 0.4) is 0 Å². The first-order valence-electron chi connectivity index (χ1n) is 10.7. The molecule has 166 valence electrons. The van der Waals surface area contributed by atoms with E-state index < -0.39 is 5.82 Å². The zero-order valence-electron chi connectivity index (χ0n) is 18.4. The van der Waals surface area contributed by atoms with Crippen molar-refractivity contribution in [1.29, 1.82) is 0 Å². The lowest BCUT2D eigenvalue weighted by Crippen LogP contribution is -2.48. The third kappa shape index (κ3) is 4.27. The summed E-state index contributed by atoms with van der Waals surface area (Å²) in [4.78, 5) is 25.0. The molecule has 1 fully saturated rings. The molecule has 0 saturated carbocycles. The van der Waals surface area contributed by atoms with Crippen LogP contribution in [-0.2, 0) is 4.79 Å². The third-order valence-corrected chi connectivity index (χ3v) is 5.66. The molecular formula is C22H29FN6O2. The number of anilines is 2. The van der Waals surface area contributed by atoms with Gasteiger partial charge >= 0.3 is 0 Å². The number of nitrogens with one attached hydrogen (secondary N) is 1. The largest absolute Gasteiger partial charge is 0.488 e. The fourth-order valence-electron chi connectivity index (χ4n) is 4.15. The van der Waals surface area contributed by atoms with Crippen molar-refractivity contribution in [2.45, 2.75) is 39.3 Å². The Kier molecular flexibility index (Phi) is 5.95. The SMILES string of the molecule is CCC(=O)N1CCN(c2cc(C3c4cc(OC(C)C)c(F)cc4NN3C)ncn2)CC1. The number of hydrazine groups is 1. The molecule has 3 heterocycles. The van der Waals surface area contributed by atoms with E-state index in [-0.39, 0.29) is 23.8 Å². The van der Waals surface area contributed by atoms with E-state index in [4.69, 9.17) is 4.74 Å². The molecule has 31 heavy (non-hydrogen) atoms. The van der Waals surface area contributed by atoms with E-state index in [0.29, 0.717) is 25.2 Å². The summed E-state index contributed by atoms with van der Waals surface area (Å²) in [5.41, 5.74) is 5.63. The summed E-state index contributed by atoms with van der Waals surface area (Å²) in [6, 6.07) is 5.00. The van der Waals surface area contributed by atoms with Crippen LogP contribution in [0.2, 0.25) is 0 Å². The maximum absolute atomic E-state index is 14.4. The Morgan fingerprint density at radius 3 is 2.65 bits per heavy atom. The Hall–Kier alpha value is -2.94. The molecule has 2 aliphatic rings. The number of halogens is 1. The van der Waals surface area contributed by atoms with Gasteiger partial charge in [0.1, 0.15) is 12.1 Å². The number of carbonyl (C=O) groups is 1. The number of aromatic nitrogens is 2. The predicted octanol–water partition coefficient (Wildman–Crippen LogP) is 2.82. The van der Waals surface area contributed by atoms with Gasteiger partial charge in [-0.2, -0.15) is 0 Å². The Balaban J connectivity index is 1.58. The Morgan fingerprint density at radius 2 is 1.97 bits per heavy atom. The van der Waals surface area contributed by atoms with Crippen LogP contribution in [-0.4, -0.2) is 65.1 Å². The molecular weight excluding hydrogens is 399 g/mol. The van der Waals surface area contributed by atoms with E-state index >= 15 is 0 Å². The monoisotopic (exact) mass is 428 g/mol. The van der Waals surface area contributed by atoms with Crippen molar-refractivity contribution in [3.8, 4) is 5.75 Å². The number of ether oxygens (including phenoxy) is 1. The number of benzene rings is 1. The minimum absolute atomic E-state index is 0.123. The smallest absolute Gasteiger partial charge is 0.222 e. The zero-order valence-corrected chi connectivity index (χ0v) is 18.4. The maximum atomic E-state index is 14.4. The van der Waals surface area contributed by atoms with Crippen LogP contribution >= 0.6 is 0 Å². The van der Waals surface area contributed by atoms with E-state index in [9.17, 15) is 9.18 Å². The second-order valence-electron chi connectivity index (χ2n) is 8.18. The predicted molar refractivity (Wildman–Crippen MR) is 117 cm³/mol. The minimum Gasteiger partial charge on any atom is -0.488 e. The van der Waals surface area contributed by atoms with E-state index in [1.807, 2.05) is 43.8 Å². The Morgan fingerprint density at radius 1 is 1.23 bits per heavy atom. The average molecular weight is 429 g/mol. The maximum Gasteiger partial charge on any atom is 0.222 e. The van der Waals surface area contributed by atoms with Gasteiger partial charge < -0.3 is 20.0 Å². The second-order valence-corrected chi connectivity index (χ2v) is 8.18. The number of amides is 1. The summed E-state index contributed by atoms with van der Waals surface area (Å²) in [5.74, 6) is 0.861. The van der Waals surface area contributed by atoms with Crippen molar-refractivity contribution in [3.63, 3.8) is 0 Å². The highest BCUT2D eigenvalue weighted by Crippen LogP contribution is 2.41. The number of rotatable bonds is 5. The molecule has 0 bridgehead atoms. The number of hydrogen-bond acceptors (Lipinski definition) is 7. The summed E-state index contributed by atoms with van der Waals surface area (Å²) in [5, 5.41) is 1.91. The normalized spacial score (nSPS) is 18.8. The van der Waals surface area contributed by atoms with Crippen LogP contribution < -0.4 is 15.1 Å². The van der Waals surface area contributed by atoms with Gasteiger partial charge in [0.05, 0.1) is 23.5 Å². The molecule has 2 aromatic rings. The van der Waals surface area contributed by atoms with Crippen LogP contribution in [0.25, 0.3) is 0 Å². The van der Waals surface area contributed by atoms with Gasteiger partial charge in [-0.1, -0.05) is 6.92 Å². The lowest BCUT2D eigenvalue weighted by Gasteiger charge is -2.35. The molecule has 4 rings (SSSR count). The summed E-state index contributed by atoms with van der Waals surface area (Å²) < 4.78 is 20.1. The van der Waals surface area contributed by atoms with Crippen LogP contribution in [0.4, 0.5) is 15.9 Å². The second kappa shape index (κ2) is 8.66. The van der Waals surface area contributed by atoms with E-state index in [1.54, 1.807) is 12.4 Å². The van der Waals surface area contributed by atoms with Crippen LogP contribution in [0.5, 0.6) is 5.75 Å². The van der Waals surface area contributed by atoms with Crippen molar-refractivity contribution in [2.75, 3.05) is 43.6 Å². The van der Waals surface area contributed by atoms with Crippen molar-refractivity contribution in [1.82, 2.24) is 19.9 Å². The van der Waals surface area contributed by atoms with Crippen LogP contribution in [0.1, 0.15) is 44.5 Å². The molecule has 1 saturated heterocycles. The topological polar surface area (TPSA) is 73.8 Å². The molecule has 1 unspecified atom stereocenters. The highest BCUT2D eigenvalue weighted by atomic mass is 19.1. The van der Waals surface area contributed by atoms with Gasteiger partial charge in [-0.3, -0.25) is 4.79 Å². The summed E-state index contributed by atoms with van der Waals surface area (Å²) in [6.07, 6.45) is 1.97. The lowest BCUT2D eigenvalue weighted by atomic mass is 10.0. The fraction of sp³-hybridized carbons (Fsp3) is 0.500. The number of nitrogens with zero attached hydrogens (tertiary/aromatic N) is 5. The number of hydrogen-bond donors (Lipinski definition) is 1. The van der Waals surface area contributed by atoms with Crippen LogP contribution in [0, 0.1) is 5.82 Å². The van der Waals surface area contributed by atoms with E-state index in [1.165, 1.54) is 6.07 Å². The molecule has 1 atom stereocenters. The summed E-state index contributed by atoms with van der Waals surface area (Å²) >= 11 is 0. The highest BCUT2D eigenvalue weighted by molar-refractivity contribution is 5.76.